The smallest absolute Gasteiger partial charge is 0.846 e. The van der Waals surface area contributed by atoms with Crippen molar-refractivity contribution in [3.63, 3.8) is 0 Å². The molecule has 9 heteroatoms. The largest absolute Gasteiger partial charge is 1.00 e. The summed E-state index contributed by atoms with van der Waals surface area (Å²) >= 11 is 0. The summed E-state index contributed by atoms with van der Waals surface area (Å²) in [6, 6.07) is -0.845. The molecule has 1 aliphatic rings. The molecule has 0 saturated carbocycles. The predicted molar refractivity (Wildman–Crippen MR) is 116 cm³/mol. The van der Waals surface area contributed by atoms with Crippen LogP contribution in [0.4, 0.5) is 0 Å². The summed E-state index contributed by atoms with van der Waals surface area (Å²) in [7, 11) is 3.25. The Morgan fingerprint density at radius 3 is 1.77 bits per heavy atom. The first-order chi connectivity index (χ1) is 13.6. The third-order valence-electron chi connectivity index (χ3n) is 3.43. The van der Waals surface area contributed by atoms with E-state index in [0.717, 1.165) is 12.8 Å². The number of rotatable bonds is 5. The quantitative estimate of drug-likeness (QED) is 0.280. The summed E-state index contributed by atoms with van der Waals surface area (Å²) in [6.07, 6.45) is 5.52. The molecule has 1 heterocycles. The van der Waals surface area contributed by atoms with E-state index in [-0.39, 0.29) is 48.7 Å². The van der Waals surface area contributed by atoms with Crippen LogP contribution in [-0.4, -0.2) is 55.5 Å². The molecule has 1 aliphatic heterocycles. The number of hydrogen-bond acceptors (Lipinski definition) is 6. The Balaban J connectivity index is -0.000000123. The van der Waals surface area contributed by atoms with Gasteiger partial charge in [-0.05, 0) is 32.6 Å². The standard InChI is InChI=1S/C11H18N2O3.2C3H6.C2H6O2.C2H6O.Na/c1-4-6-7(3)11(5-2)8(14)12-10(16)13-9(11)15;2*1-3-2;3-1-2-4;1-3-2;/h7H,4-6H2,1-3H3,(H2,12,13,14,15,16);2*3H,1H2,2H3;3-4H,1-2H2;1-2H3;/q;;;;;+1/p-1. The molecule has 0 saturated heterocycles. The fourth-order valence-corrected chi connectivity index (χ4v) is 2.30. The molecule has 0 aromatic heterocycles. The molecule has 2 atom stereocenters. The van der Waals surface area contributed by atoms with Gasteiger partial charge in [0.05, 0.1) is 19.2 Å². The zero-order chi connectivity index (χ0) is 23.9. The topological polar surface area (TPSA) is 131 Å². The number of aliphatic hydroxyl groups is 2. The molecule has 30 heavy (non-hydrogen) atoms. The first kappa shape index (κ1) is 39.4. The third-order valence-corrected chi connectivity index (χ3v) is 3.43. The third kappa shape index (κ3) is 17.8. The Kier molecular flexibility index (Phi) is 36.8. The van der Waals surface area contributed by atoms with Gasteiger partial charge in [-0.2, -0.15) is 0 Å². The maximum atomic E-state index is 11.9. The Bertz CT molecular complexity index is 464. The van der Waals surface area contributed by atoms with Crippen molar-refractivity contribution in [2.45, 2.75) is 53.9 Å². The monoisotopic (exact) mass is 440 g/mol. The van der Waals surface area contributed by atoms with Crippen molar-refractivity contribution < 1.29 is 59.2 Å². The van der Waals surface area contributed by atoms with E-state index in [2.05, 4.69) is 28.2 Å². The number of nitrogens with one attached hydrogen (secondary N) is 1. The van der Waals surface area contributed by atoms with Crippen molar-refractivity contribution in [1.29, 1.82) is 0 Å². The molecule has 172 valence electrons. The number of methoxy groups -OCH3 is 1. The van der Waals surface area contributed by atoms with Crippen LogP contribution in [0.5, 0.6) is 0 Å². The van der Waals surface area contributed by atoms with Crippen LogP contribution >= 0.6 is 0 Å². The molecule has 8 nitrogen and oxygen atoms in total. The Labute approximate surface area is 204 Å². The summed E-state index contributed by atoms with van der Waals surface area (Å²) in [4.78, 5) is 27.1. The van der Waals surface area contributed by atoms with Crippen molar-refractivity contribution >= 4 is 17.8 Å². The van der Waals surface area contributed by atoms with Crippen LogP contribution in [0.15, 0.2) is 30.3 Å². The molecule has 0 aromatic carbocycles. The van der Waals surface area contributed by atoms with Crippen LogP contribution in [0.1, 0.15) is 53.9 Å². The van der Waals surface area contributed by atoms with Gasteiger partial charge in [-0.15, -0.1) is 13.2 Å². The van der Waals surface area contributed by atoms with Crippen molar-refractivity contribution in [2.75, 3.05) is 27.4 Å². The van der Waals surface area contributed by atoms with Gasteiger partial charge in [-0.1, -0.05) is 39.3 Å². The Morgan fingerprint density at radius 1 is 1.17 bits per heavy atom. The number of carbonyl (C=O) groups excluding carboxylic acids is 2. The number of aliphatic hydroxyl groups excluding tert-OH is 2. The minimum absolute atomic E-state index is 0. The molecular formula is C21H41N2NaO6. The second-order valence-electron chi connectivity index (χ2n) is 5.86. The SMILES string of the molecule is C=CC.C=CC.CCCC(C)C1(CC)C(=O)N=C([O-])NC1=O.COC.OCCO.[Na+]. The Hall–Kier alpha value is -1.03. The predicted octanol–water partition coefficient (Wildman–Crippen LogP) is -1.19. The van der Waals surface area contributed by atoms with E-state index in [4.69, 9.17) is 10.2 Å². The van der Waals surface area contributed by atoms with Gasteiger partial charge in [0.2, 0.25) is 5.91 Å². The molecular weight excluding hydrogens is 399 g/mol. The van der Waals surface area contributed by atoms with Crippen LogP contribution in [0.2, 0.25) is 0 Å². The van der Waals surface area contributed by atoms with Crippen LogP contribution in [0.25, 0.3) is 0 Å². The minimum atomic E-state index is -1.15. The van der Waals surface area contributed by atoms with Crippen molar-refractivity contribution in [2.24, 2.45) is 16.3 Å². The summed E-state index contributed by atoms with van der Waals surface area (Å²) in [5.74, 6) is -1.20. The van der Waals surface area contributed by atoms with E-state index in [9.17, 15) is 14.7 Å². The zero-order valence-electron chi connectivity index (χ0n) is 20.2. The molecule has 0 spiro atoms. The molecule has 2 amide bonds. The normalized spacial score (nSPS) is 17.0. The Morgan fingerprint density at radius 2 is 1.53 bits per heavy atom. The number of nitrogens with zero attached hydrogens (tertiary/aromatic N) is 1. The van der Waals surface area contributed by atoms with Gasteiger partial charge >= 0.3 is 29.6 Å². The van der Waals surface area contributed by atoms with Gasteiger partial charge in [0.1, 0.15) is 5.41 Å². The van der Waals surface area contributed by atoms with Gasteiger partial charge in [0.15, 0.2) is 0 Å². The van der Waals surface area contributed by atoms with E-state index in [1.54, 1.807) is 33.3 Å². The van der Waals surface area contributed by atoms with Crippen molar-refractivity contribution in [1.82, 2.24) is 5.32 Å². The van der Waals surface area contributed by atoms with Crippen LogP contribution < -0.4 is 40.0 Å². The molecule has 0 bridgehead atoms. The first-order valence-electron chi connectivity index (χ1n) is 9.52. The summed E-state index contributed by atoms with van der Waals surface area (Å²) in [5, 5.41) is 28.3. The van der Waals surface area contributed by atoms with Gasteiger partial charge in [-0.25, -0.2) is 4.99 Å². The number of ether oxygens (including phenoxy) is 1. The van der Waals surface area contributed by atoms with Crippen molar-refractivity contribution in [3.8, 4) is 0 Å². The van der Waals surface area contributed by atoms with Crippen LogP contribution in [0, 0.1) is 11.3 Å². The maximum absolute atomic E-state index is 11.9. The number of amidine groups is 1. The average molecular weight is 441 g/mol. The molecule has 3 N–H and O–H groups in total. The van der Waals surface area contributed by atoms with Gasteiger partial charge in [0.25, 0.3) is 5.91 Å². The molecule has 2 unspecified atom stereocenters. The van der Waals surface area contributed by atoms with E-state index in [1.165, 1.54) is 0 Å². The average Bonchev–Trinajstić information content (AvgIpc) is 2.64. The van der Waals surface area contributed by atoms with E-state index in [0.29, 0.717) is 6.42 Å². The summed E-state index contributed by atoms with van der Waals surface area (Å²) < 4.78 is 4.25. The minimum Gasteiger partial charge on any atom is -0.846 e. The molecule has 0 fully saturated rings. The molecule has 0 aliphatic carbocycles. The van der Waals surface area contributed by atoms with E-state index >= 15 is 0 Å². The van der Waals surface area contributed by atoms with Gasteiger partial charge in [0, 0.05) is 14.2 Å². The number of aliphatic imine (C=N–C) groups is 1. The van der Waals surface area contributed by atoms with E-state index in [1.807, 2.05) is 27.7 Å². The second kappa shape index (κ2) is 28.0. The first-order valence-corrected chi connectivity index (χ1v) is 9.52. The fraction of sp³-hybridized carbons (Fsp3) is 0.667. The maximum Gasteiger partial charge on any atom is 1.00 e. The molecule has 1 rings (SSSR count). The van der Waals surface area contributed by atoms with Gasteiger partial charge in [-0.3, -0.25) is 9.59 Å². The number of carbonyl (C=O) groups is 2. The van der Waals surface area contributed by atoms with E-state index < -0.39 is 23.3 Å². The van der Waals surface area contributed by atoms with Crippen molar-refractivity contribution in [3.05, 3.63) is 25.3 Å². The second-order valence-corrected chi connectivity index (χ2v) is 5.86. The fourth-order valence-electron chi connectivity index (χ4n) is 2.30. The number of amides is 2. The van der Waals surface area contributed by atoms with Crippen LogP contribution in [0.3, 0.4) is 0 Å². The zero-order valence-corrected chi connectivity index (χ0v) is 22.2. The molecule has 0 aromatic rings. The number of hydrogen-bond donors (Lipinski definition) is 3. The summed E-state index contributed by atoms with van der Waals surface area (Å²) in [6.45, 7) is 15.9. The summed E-state index contributed by atoms with van der Waals surface area (Å²) in [5.41, 5.74) is -1.15. The molecule has 0 radical (unpaired) electrons. The number of allylic oxidation sites excluding steroid dienone is 2. The van der Waals surface area contributed by atoms with Gasteiger partial charge < -0.3 is 25.4 Å². The van der Waals surface area contributed by atoms with Crippen LogP contribution in [-0.2, 0) is 14.3 Å².